The summed E-state index contributed by atoms with van der Waals surface area (Å²) in [5.41, 5.74) is 0.696. The lowest BCUT2D eigenvalue weighted by Gasteiger charge is -1.86. The monoisotopic (exact) mass is 148 g/mol. The standard InChI is InChI=1S/C7H6N3O/c11-10-5-7-6(4-9-10)2-1-3-8-7/h1-5H,(H,9,11)/q+1. The summed E-state index contributed by atoms with van der Waals surface area (Å²) in [6, 6.07) is 3.71. The Hall–Kier alpha value is -1.71. The van der Waals surface area contributed by atoms with Crippen molar-refractivity contribution < 1.29 is 4.54 Å². The topological polar surface area (TPSA) is 51.6 Å². The van der Waals surface area contributed by atoms with E-state index in [2.05, 4.69) is 10.1 Å². The zero-order valence-corrected chi connectivity index (χ0v) is 5.69. The van der Waals surface area contributed by atoms with E-state index in [0.29, 0.717) is 10.1 Å². The summed E-state index contributed by atoms with van der Waals surface area (Å²) in [7, 11) is 0. The van der Waals surface area contributed by atoms with Crippen LogP contribution in [0.15, 0.2) is 30.7 Å². The minimum atomic E-state index is 0.620. The van der Waals surface area contributed by atoms with Crippen molar-refractivity contribution in [3.05, 3.63) is 35.6 Å². The van der Waals surface area contributed by atoms with Crippen LogP contribution in [0.1, 0.15) is 0 Å². The average Bonchev–Trinajstić information content (AvgIpc) is 2.04. The van der Waals surface area contributed by atoms with Crippen LogP contribution in [-0.2, 0) is 0 Å². The lowest BCUT2D eigenvalue weighted by molar-refractivity contribution is -0.562. The number of rotatable bonds is 0. The van der Waals surface area contributed by atoms with Crippen LogP contribution < -0.4 is 4.54 Å². The van der Waals surface area contributed by atoms with Crippen molar-refractivity contribution in [1.82, 2.24) is 10.1 Å². The zero-order valence-electron chi connectivity index (χ0n) is 5.69. The molecule has 2 aromatic rings. The van der Waals surface area contributed by atoms with Gasteiger partial charge < -0.3 is 0 Å². The SMILES string of the molecule is O=[n+]1cc2ncccc2c[nH]1. The smallest absolute Gasteiger partial charge is 0.250 e. The van der Waals surface area contributed by atoms with Crippen LogP contribution in [0.5, 0.6) is 0 Å². The van der Waals surface area contributed by atoms with Crippen molar-refractivity contribution in [3.63, 3.8) is 0 Å². The highest BCUT2D eigenvalue weighted by Gasteiger charge is 1.97. The number of nitrogens with zero attached hydrogens (tertiary/aromatic N) is 2. The molecule has 0 amide bonds. The summed E-state index contributed by atoms with van der Waals surface area (Å²) in [6.07, 6.45) is 4.67. The zero-order chi connectivity index (χ0) is 7.68. The van der Waals surface area contributed by atoms with Crippen molar-refractivity contribution in [2.45, 2.75) is 0 Å². The summed E-state index contributed by atoms with van der Waals surface area (Å²) >= 11 is 0. The third-order valence-corrected chi connectivity index (χ3v) is 1.46. The molecule has 0 radical (unpaired) electrons. The Morgan fingerprint density at radius 3 is 3.36 bits per heavy atom. The molecule has 0 aliphatic carbocycles. The van der Waals surface area contributed by atoms with Gasteiger partial charge in [0.15, 0.2) is 4.54 Å². The van der Waals surface area contributed by atoms with E-state index in [1.807, 2.05) is 12.1 Å². The normalized spacial score (nSPS) is 10.2. The van der Waals surface area contributed by atoms with Gasteiger partial charge in [-0.2, -0.15) is 0 Å². The summed E-state index contributed by atoms with van der Waals surface area (Å²) < 4.78 is 0.620. The number of fused-ring (bicyclic) bond motifs is 1. The fourth-order valence-electron chi connectivity index (χ4n) is 0.941. The highest BCUT2D eigenvalue weighted by atomic mass is 16.3. The van der Waals surface area contributed by atoms with Crippen LogP contribution in [0, 0.1) is 4.91 Å². The molecule has 0 aromatic carbocycles. The number of H-pyrrole nitrogens is 1. The molecular formula is C7H6N3O+. The lowest BCUT2D eigenvalue weighted by Crippen LogP contribution is -2.17. The van der Waals surface area contributed by atoms with Crippen molar-refractivity contribution in [2.75, 3.05) is 0 Å². The Morgan fingerprint density at radius 2 is 2.45 bits per heavy atom. The van der Waals surface area contributed by atoms with Crippen molar-refractivity contribution in [2.24, 2.45) is 0 Å². The van der Waals surface area contributed by atoms with Crippen LogP contribution in [0.4, 0.5) is 0 Å². The number of nitrogens with one attached hydrogen (secondary N) is 1. The summed E-state index contributed by atoms with van der Waals surface area (Å²) in [4.78, 5) is 14.7. The highest BCUT2D eigenvalue weighted by Crippen LogP contribution is 2.03. The lowest BCUT2D eigenvalue weighted by atomic mass is 10.3. The Morgan fingerprint density at radius 1 is 1.55 bits per heavy atom. The second-order valence-electron chi connectivity index (χ2n) is 2.21. The molecule has 0 aliphatic rings. The molecule has 0 aliphatic heterocycles. The van der Waals surface area contributed by atoms with Gasteiger partial charge in [-0.25, -0.2) is 4.98 Å². The van der Waals surface area contributed by atoms with Crippen LogP contribution in [0.25, 0.3) is 10.9 Å². The van der Waals surface area contributed by atoms with Gasteiger partial charge in [-0.05, 0) is 12.1 Å². The maximum absolute atomic E-state index is 10.7. The molecule has 2 aromatic heterocycles. The third kappa shape index (κ3) is 0.980. The van der Waals surface area contributed by atoms with Gasteiger partial charge in [-0.15, -0.1) is 5.10 Å². The van der Waals surface area contributed by atoms with Gasteiger partial charge in [0.2, 0.25) is 0 Å². The molecule has 0 unspecified atom stereocenters. The Balaban J connectivity index is 2.94. The van der Waals surface area contributed by atoms with E-state index in [1.165, 1.54) is 6.20 Å². The Bertz CT molecular complexity index is 435. The first kappa shape index (κ1) is 6.03. The van der Waals surface area contributed by atoms with Gasteiger partial charge in [-0.1, -0.05) is 0 Å². The van der Waals surface area contributed by atoms with Crippen LogP contribution >= 0.6 is 0 Å². The van der Waals surface area contributed by atoms with E-state index < -0.39 is 0 Å². The third-order valence-electron chi connectivity index (χ3n) is 1.46. The molecule has 1 N–H and O–H groups in total. The molecule has 11 heavy (non-hydrogen) atoms. The fourth-order valence-corrected chi connectivity index (χ4v) is 0.941. The van der Waals surface area contributed by atoms with Gasteiger partial charge >= 0.3 is 0 Å². The first-order valence-electron chi connectivity index (χ1n) is 3.22. The van der Waals surface area contributed by atoms with E-state index in [9.17, 15) is 4.91 Å². The second kappa shape index (κ2) is 2.16. The van der Waals surface area contributed by atoms with E-state index in [1.54, 1.807) is 12.4 Å². The molecule has 0 atom stereocenters. The molecule has 0 bridgehead atoms. The molecule has 54 valence electrons. The van der Waals surface area contributed by atoms with Crippen LogP contribution in [0.2, 0.25) is 0 Å². The van der Waals surface area contributed by atoms with Gasteiger partial charge in [0, 0.05) is 11.6 Å². The number of hydrogen-bond donors (Lipinski definition) is 1. The Labute approximate surface area is 62.1 Å². The minimum Gasteiger partial charge on any atom is -0.250 e. The summed E-state index contributed by atoms with van der Waals surface area (Å²) in [5, 5.41) is 3.43. The fraction of sp³-hybridized carbons (Fsp3) is 0. The maximum atomic E-state index is 10.7. The number of aromatic amines is 1. The molecule has 0 saturated heterocycles. The van der Waals surface area contributed by atoms with Gasteiger partial charge in [0.1, 0.15) is 5.52 Å². The van der Waals surface area contributed by atoms with Gasteiger partial charge in [0.25, 0.3) is 6.20 Å². The summed E-state index contributed by atoms with van der Waals surface area (Å²) in [6.45, 7) is 0. The molecule has 4 nitrogen and oxygen atoms in total. The van der Waals surface area contributed by atoms with Crippen LogP contribution in [-0.4, -0.2) is 10.1 Å². The second-order valence-corrected chi connectivity index (χ2v) is 2.21. The molecular weight excluding hydrogens is 142 g/mol. The molecule has 0 spiro atoms. The largest absolute Gasteiger partial charge is 0.283 e. The van der Waals surface area contributed by atoms with Crippen molar-refractivity contribution in [3.8, 4) is 0 Å². The minimum absolute atomic E-state index is 0.620. The highest BCUT2D eigenvalue weighted by molar-refractivity contribution is 5.75. The molecule has 0 saturated carbocycles. The number of pyridine rings is 1. The van der Waals surface area contributed by atoms with Gasteiger partial charge in [0.05, 0.1) is 11.1 Å². The molecule has 4 heteroatoms. The van der Waals surface area contributed by atoms with E-state index in [4.69, 9.17) is 0 Å². The Kier molecular flexibility index (Phi) is 1.18. The molecule has 0 fully saturated rings. The van der Waals surface area contributed by atoms with Crippen LogP contribution in [0.3, 0.4) is 0 Å². The van der Waals surface area contributed by atoms with Crippen molar-refractivity contribution in [1.29, 1.82) is 0 Å². The molecule has 2 heterocycles. The summed E-state index contributed by atoms with van der Waals surface area (Å²) in [5.74, 6) is 0. The van der Waals surface area contributed by atoms with E-state index in [0.717, 1.165) is 5.39 Å². The number of hydrogen-bond acceptors (Lipinski definition) is 2. The van der Waals surface area contributed by atoms with Gasteiger partial charge in [-0.3, -0.25) is 0 Å². The molecule has 2 rings (SSSR count). The average molecular weight is 148 g/mol. The number of aromatic nitrogens is 3. The van der Waals surface area contributed by atoms with E-state index in [-0.39, 0.29) is 0 Å². The predicted molar refractivity (Wildman–Crippen MR) is 39.5 cm³/mol. The predicted octanol–water partition coefficient (Wildman–Crippen LogP) is 0.477. The van der Waals surface area contributed by atoms with E-state index >= 15 is 0 Å². The quantitative estimate of drug-likeness (QED) is 0.552. The first-order valence-corrected chi connectivity index (χ1v) is 3.22. The first-order chi connectivity index (χ1) is 5.36. The van der Waals surface area contributed by atoms with Crippen molar-refractivity contribution >= 4 is 10.9 Å². The maximum Gasteiger partial charge on any atom is 0.283 e.